The summed E-state index contributed by atoms with van der Waals surface area (Å²) < 4.78 is 18.9. The van der Waals surface area contributed by atoms with Crippen LogP contribution < -0.4 is 10.5 Å². The second-order valence-electron chi connectivity index (χ2n) is 6.72. The molecule has 3 rings (SSSR count). The Balaban J connectivity index is 1.56. The zero-order valence-electron chi connectivity index (χ0n) is 14.7. The van der Waals surface area contributed by atoms with E-state index in [0.717, 1.165) is 36.4 Å². The molecule has 0 aliphatic carbocycles. The van der Waals surface area contributed by atoms with E-state index in [1.165, 1.54) is 23.9 Å². The first kappa shape index (κ1) is 18.7. The van der Waals surface area contributed by atoms with Gasteiger partial charge in [0, 0.05) is 13.1 Å². The smallest absolute Gasteiger partial charge is 0.278 e. The van der Waals surface area contributed by atoms with Crippen molar-refractivity contribution in [3.8, 4) is 5.75 Å². The maximum atomic E-state index is 13.2. The number of rotatable bonds is 6. The number of benzene rings is 2. The predicted octanol–water partition coefficient (Wildman–Crippen LogP) is 4.38. The number of ether oxygens (including phenoxy) is 1. The van der Waals surface area contributed by atoms with Crippen LogP contribution in [0.5, 0.6) is 5.75 Å². The van der Waals surface area contributed by atoms with Gasteiger partial charge in [0.2, 0.25) is 0 Å². The van der Waals surface area contributed by atoms with Crippen molar-refractivity contribution in [2.24, 2.45) is 11.7 Å². The molecule has 0 saturated carbocycles. The van der Waals surface area contributed by atoms with Gasteiger partial charge in [-0.2, -0.15) is 0 Å². The van der Waals surface area contributed by atoms with Crippen LogP contribution in [0.2, 0.25) is 0 Å². The van der Waals surface area contributed by atoms with Crippen molar-refractivity contribution in [1.82, 2.24) is 4.90 Å². The number of carbonyl (C=O) groups excluding carboxylic acids is 1. The number of thioether (sulfide) groups is 1. The molecule has 2 N–H and O–H groups in total. The quantitative estimate of drug-likeness (QED) is 0.815. The standard InChI is InChI=1S/C20H23FN2O2S/c1-14-9-19(26-20(22)24)23(11-14)12-15-5-7-18(8-6-15)25-13-16-3-2-4-17(21)10-16/h2-8,10,14,19H,9,11-13H2,1H3,(H2,22,24)/t14-,19?/m0/s1. The highest BCUT2D eigenvalue weighted by Crippen LogP contribution is 2.32. The summed E-state index contributed by atoms with van der Waals surface area (Å²) >= 11 is 1.21. The number of amides is 1. The maximum absolute atomic E-state index is 13.2. The van der Waals surface area contributed by atoms with E-state index < -0.39 is 0 Å². The zero-order chi connectivity index (χ0) is 18.5. The van der Waals surface area contributed by atoms with Gasteiger partial charge < -0.3 is 10.5 Å². The molecule has 1 heterocycles. The number of likely N-dealkylation sites (tertiary alicyclic amines) is 1. The Morgan fingerprint density at radius 1 is 1.27 bits per heavy atom. The molecular formula is C20H23FN2O2S. The molecule has 0 radical (unpaired) electrons. The van der Waals surface area contributed by atoms with Gasteiger partial charge in [-0.15, -0.1) is 0 Å². The lowest BCUT2D eigenvalue weighted by Gasteiger charge is -2.22. The summed E-state index contributed by atoms with van der Waals surface area (Å²) in [6.07, 6.45) is 0.975. The molecule has 26 heavy (non-hydrogen) atoms. The van der Waals surface area contributed by atoms with Gasteiger partial charge in [-0.25, -0.2) is 4.39 Å². The SMILES string of the molecule is C[C@H]1CC(SC(N)=O)N(Cc2ccc(OCc3cccc(F)c3)cc2)C1. The van der Waals surface area contributed by atoms with Crippen molar-refractivity contribution in [2.75, 3.05) is 6.54 Å². The van der Waals surface area contributed by atoms with Gasteiger partial charge in [-0.05, 0) is 59.5 Å². The Labute approximate surface area is 157 Å². The summed E-state index contributed by atoms with van der Waals surface area (Å²) in [6.45, 7) is 4.26. The topological polar surface area (TPSA) is 55.6 Å². The average Bonchev–Trinajstić information content (AvgIpc) is 2.92. The van der Waals surface area contributed by atoms with Gasteiger partial charge in [0.1, 0.15) is 18.2 Å². The van der Waals surface area contributed by atoms with Gasteiger partial charge >= 0.3 is 0 Å². The minimum Gasteiger partial charge on any atom is -0.489 e. The summed E-state index contributed by atoms with van der Waals surface area (Å²) in [5, 5.41) is -0.179. The molecule has 1 aliphatic heterocycles. The van der Waals surface area contributed by atoms with Crippen LogP contribution in [0.1, 0.15) is 24.5 Å². The second-order valence-corrected chi connectivity index (χ2v) is 7.91. The predicted molar refractivity (Wildman–Crippen MR) is 102 cm³/mol. The van der Waals surface area contributed by atoms with E-state index in [-0.39, 0.29) is 16.4 Å². The lowest BCUT2D eigenvalue weighted by Crippen LogP contribution is -2.28. The summed E-state index contributed by atoms with van der Waals surface area (Å²) in [6, 6.07) is 14.3. The van der Waals surface area contributed by atoms with Crippen molar-refractivity contribution in [1.29, 1.82) is 0 Å². The van der Waals surface area contributed by atoms with Gasteiger partial charge in [0.25, 0.3) is 5.24 Å². The van der Waals surface area contributed by atoms with Crippen molar-refractivity contribution < 1.29 is 13.9 Å². The highest BCUT2D eigenvalue weighted by Gasteiger charge is 2.31. The van der Waals surface area contributed by atoms with Crippen LogP contribution in [0.25, 0.3) is 0 Å². The Bertz CT molecular complexity index is 754. The van der Waals surface area contributed by atoms with E-state index in [9.17, 15) is 9.18 Å². The van der Waals surface area contributed by atoms with Crippen LogP contribution in [0, 0.1) is 11.7 Å². The third-order valence-electron chi connectivity index (χ3n) is 4.41. The van der Waals surface area contributed by atoms with E-state index in [1.54, 1.807) is 6.07 Å². The fourth-order valence-corrected chi connectivity index (χ4v) is 4.23. The van der Waals surface area contributed by atoms with Crippen LogP contribution in [-0.4, -0.2) is 22.1 Å². The minimum atomic E-state index is -0.324. The third kappa shape index (κ3) is 5.22. The number of primary amides is 1. The van der Waals surface area contributed by atoms with E-state index >= 15 is 0 Å². The highest BCUT2D eigenvalue weighted by atomic mass is 32.2. The molecule has 1 amide bonds. The average molecular weight is 374 g/mol. The molecule has 1 saturated heterocycles. The fraction of sp³-hybridized carbons (Fsp3) is 0.350. The van der Waals surface area contributed by atoms with Gasteiger partial charge in [-0.3, -0.25) is 9.69 Å². The Morgan fingerprint density at radius 3 is 2.73 bits per heavy atom. The Hall–Kier alpha value is -2.05. The molecule has 2 atom stereocenters. The highest BCUT2D eigenvalue weighted by molar-refractivity contribution is 8.14. The van der Waals surface area contributed by atoms with Crippen molar-refractivity contribution in [3.05, 3.63) is 65.5 Å². The van der Waals surface area contributed by atoms with Crippen molar-refractivity contribution >= 4 is 17.0 Å². The number of halogens is 1. The van der Waals surface area contributed by atoms with Crippen LogP contribution >= 0.6 is 11.8 Å². The first-order valence-electron chi connectivity index (χ1n) is 8.66. The number of hydrogen-bond acceptors (Lipinski definition) is 4. The molecule has 0 bridgehead atoms. The molecule has 1 fully saturated rings. The molecule has 2 aromatic carbocycles. The molecule has 0 spiro atoms. The van der Waals surface area contributed by atoms with Crippen LogP contribution in [0.4, 0.5) is 9.18 Å². The van der Waals surface area contributed by atoms with Crippen LogP contribution in [0.15, 0.2) is 48.5 Å². The normalized spacial score (nSPS) is 20.2. The monoisotopic (exact) mass is 374 g/mol. The van der Waals surface area contributed by atoms with E-state index in [4.69, 9.17) is 10.5 Å². The lowest BCUT2D eigenvalue weighted by molar-refractivity contribution is 0.265. The summed E-state index contributed by atoms with van der Waals surface area (Å²) in [4.78, 5) is 13.5. The fourth-order valence-electron chi connectivity index (χ4n) is 3.23. The van der Waals surface area contributed by atoms with Gasteiger partial charge in [0.15, 0.2) is 0 Å². The summed E-state index contributed by atoms with van der Waals surface area (Å²) in [7, 11) is 0. The van der Waals surface area contributed by atoms with Gasteiger partial charge in [0.05, 0.1) is 5.37 Å². The van der Waals surface area contributed by atoms with Crippen molar-refractivity contribution in [2.45, 2.75) is 31.9 Å². The number of carbonyl (C=O) groups is 1. The largest absolute Gasteiger partial charge is 0.489 e. The molecule has 1 aliphatic rings. The zero-order valence-corrected chi connectivity index (χ0v) is 15.5. The van der Waals surface area contributed by atoms with E-state index in [0.29, 0.717) is 12.5 Å². The molecule has 4 nitrogen and oxygen atoms in total. The molecule has 0 aromatic heterocycles. The third-order valence-corrected chi connectivity index (χ3v) is 5.41. The van der Waals surface area contributed by atoms with Crippen LogP contribution in [-0.2, 0) is 13.2 Å². The number of hydrogen-bond donors (Lipinski definition) is 1. The van der Waals surface area contributed by atoms with Crippen LogP contribution in [0.3, 0.4) is 0 Å². The minimum absolute atomic E-state index is 0.145. The van der Waals surface area contributed by atoms with Gasteiger partial charge in [-0.1, -0.05) is 31.2 Å². The van der Waals surface area contributed by atoms with E-state index in [1.807, 2.05) is 30.3 Å². The number of nitrogens with zero attached hydrogens (tertiary/aromatic N) is 1. The lowest BCUT2D eigenvalue weighted by atomic mass is 10.2. The molecule has 6 heteroatoms. The summed E-state index contributed by atoms with van der Waals surface area (Å²) in [5.41, 5.74) is 7.30. The Kier molecular flexibility index (Phi) is 6.16. The van der Waals surface area contributed by atoms with Crippen molar-refractivity contribution in [3.63, 3.8) is 0 Å². The molecular weight excluding hydrogens is 351 g/mol. The Morgan fingerprint density at radius 2 is 2.04 bits per heavy atom. The molecule has 2 aromatic rings. The number of nitrogens with two attached hydrogens (primary N) is 1. The second kappa shape index (κ2) is 8.56. The summed E-state index contributed by atoms with van der Waals surface area (Å²) in [5.74, 6) is 1.04. The van der Waals surface area contributed by atoms with E-state index in [2.05, 4.69) is 11.8 Å². The maximum Gasteiger partial charge on any atom is 0.278 e. The first-order valence-corrected chi connectivity index (χ1v) is 9.54. The first-order chi connectivity index (χ1) is 12.5. The molecule has 138 valence electrons. The molecule has 1 unspecified atom stereocenters.